The summed E-state index contributed by atoms with van der Waals surface area (Å²) in [6.45, 7) is 10.1. The molecule has 45 heavy (non-hydrogen) atoms. The number of hydrogen-bond donors (Lipinski definition) is 3. The van der Waals surface area contributed by atoms with Gasteiger partial charge in [0, 0.05) is 6.04 Å². The first-order chi connectivity index (χ1) is 21.4. The molecule has 4 amide bonds. The molecule has 5 atom stereocenters. The van der Waals surface area contributed by atoms with Gasteiger partial charge >= 0.3 is 12.1 Å². The summed E-state index contributed by atoms with van der Waals surface area (Å²) in [6, 6.07) is -2.96. The molecule has 1 aliphatic heterocycles. The summed E-state index contributed by atoms with van der Waals surface area (Å²) in [5, 5.41) is 7.89. The first-order valence-electron chi connectivity index (χ1n) is 16.6. The number of ketones is 1. The molecule has 2 aliphatic carbocycles. The van der Waals surface area contributed by atoms with E-state index in [0.29, 0.717) is 12.8 Å². The fourth-order valence-corrected chi connectivity index (χ4v) is 6.88. The molecule has 0 aromatic carbocycles. The molecule has 2 unspecified atom stereocenters. The SMILES string of the molecule is C=CCOC(=O)CNC(=O)C(=O)C(CCC)NC(=O)[C@@H]1C[C@@H]2CCCC[C@@H]2N1C(=O)C(NC(=O)OC(C)(C)C)C1CCCCC1. The van der Waals surface area contributed by atoms with Crippen LogP contribution in [0.1, 0.15) is 105 Å². The number of carbonyl (C=O) groups is 6. The molecule has 0 aromatic heterocycles. The second kappa shape index (κ2) is 16.7. The molecule has 3 aliphatic rings. The molecule has 3 rings (SSSR count). The van der Waals surface area contributed by atoms with Gasteiger partial charge in [0.2, 0.25) is 17.6 Å². The van der Waals surface area contributed by atoms with E-state index in [9.17, 15) is 28.8 Å². The van der Waals surface area contributed by atoms with Crippen molar-refractivity contribution in [3.05, 3.63) is 12.7 Å². The fourth-order valence-electron chi connectivity index (χ4n) is 6.88. The lowest BCUT2D eigenvalue weighted by atomic mass is 9.82. The number of ether oxygens (including phenoxy) is 2. The Morgan fingerprint density at radius 2 is 1.62 bits per heavy atom. The van der Waals surface area contributed by atoms with Crippen LogP contribution in [0.15, 0.2) is 12.7 Å². The lowest BCUT2D eigenvalue weighted by Gasteiger charge is -2.39. The predicted molar refractivity (Wildman–Crippen MR) is 167 cm³/mol. The molecule has 3 N–H and O–H groups in total. The maximum atomic E-state index is 14.5. The molecule has 3 fully saturated rings. The van der Waals surface area contributed by atoms with Gasteiger partial charge < -0.3 is 30.3 Å². The molecular weight excluding hydrogens is 580 g/mol. The Hall–Kier alpha value is -3.44. The highest BCUT2D eigenvalue weighted by atomic mass is 16.6. The lowest BCUT2D eigenvalue weighted by Crippen LogP contribution is -2.60. The molecule has 1 saturated heterocycles. The van der Waals surface area contributed by atoms with E-state index in [1.165, 1.54) is 6.08 Å². The highest BCUT2D eigenvalue weighted by Crippen LogP contribution is 2.41. The Kier molecular flexibility index (Phi) is 13.4. The quantitative estimate of drug-likeness (QED) is 0.158. The number of carbonyl (C=O) groups excluding carboxylic acids is 6. The lowest BCUT2D eigenvalue weighted by molar-refractivity contribution is -0.146. The van der Waals surface area contributed by atoms with E-state index < -0.39 is 59.9 Å². The van der Waals surface area contributed by atoms with Crippen LogP contribution in [0.2, 0.25) is 0 Å². The van der Waals surface area contributed by atoms with Crippen LogP contribution in [-0.4, -0.2) is 83.4 Å². The van der Waals surface area contributed by atoms with Crippen molar-refractivity contribution in [2.45, 2.75) is 135 Å². The Morgan fingerprint density at radius 1 is 0.956 bits per heavy atom. The number of alkyl carbamates (subject to hydrolysis) is 1. The number of nitrogens with zero attached hydrogens (tertiary/aromatic N) is 1. The smallest absolute Gasteiger partial charge is 0.408 e. The number of nitrogens with one attached hydrogen (secondary N) is 3. The number of likely N-dealkylation sites (tertiary alicyclic amines) is 1. The largest absolute Gasteiger partial charge is 0.460 e. The van der Waals surface area contributed by atoms with Crippen molar-refractivity contribution in [1.29, 1.82) is 0 Å². The second-order valence-electron chi connectivity index (χ2n) is 13.5. The summed E-state index contributed by atoms with van der Waals surface area (Å²) >= 11 is 0. The number of rotatable bonds is 13. The normalized spacial score (nSPS) is 23.1. The highest BCUT2D eigenvalue weighted by Gasteiger charge is 2.50. The van der Waals surface area contributed by atoms with E-state index in [-0.39, 0.29) is 36.8 Å². The Bertz CT molecular complexity index is 1100. The van der Waals surface area contributed by atoms with Gasteiger partial charge in [-0.05, 0) is 71.1 Å². The summed E-state index contributed by atoms with van der Waals surface area (Å²) in [5.74, 6) is -3.35. The minimum absolute atomic E-state index is 0.0232. The van der Waals surface area contributed by atoms with E-state index in [4.69, 9.17) is 9.47 Å². The topological polar surface area (TPSA) is 160 Å². The van der Waals surface area contributed by atoms with Crippen LogP contribution in [-0.2, 0) is 33.4 Å². The summed E-state index contributed by atoms with van der Waals surface area (Å²) in [4.78, 5) is 80.5. The predicted octanol–water partition coefficient (Wildman–Crippen LogP) is 3.32. The van der Waals surface area contributed by atoms with Crippen molar-refractivity contribution in [3.63, 3.8) is 0 Å². The van der Waals surface area contributed by atoms with Gasteiger partial charge in [-0.25, -0.2) is 4.79 Å². The number of fused-ring (bicyclic) bond motifs is 1. The van der Waals surface area contributed by atoms with Crippen LogP contribution in [0.5, 0.6) is 0 Å². The van der Waals surface area contributed by atoms with Crippen LogP contribution >= 0.6 is 0 Å². The summed E-state index contributed by atoms with van der Waals surface area (Å²) in [7, 11) is 0. The van der Waals surface area contributed by atoms with Gasteiger partial charge in [-0.2, -0.15) is 0 Å². The average Bonchev–Trinajstić information content (AvgIpc) is 3.40. The molecular formula is C33H52N4O8. The van der Waals surface area contributed by atoms with E-state index in [1.54, 1.807) is 25.7 Å². The molecule has 2 saturated carbocycles. The maximum Gasteiger partial charge on any atom is 0.408 e. The minimum atomic E-state index is -1.12. The third-order valence-corrected chi connectivity index (χ3v) is 8.89. The number of amides is 4. The van der Waals surface area contributed by atoms with E-state index >= 15 is 0 Å². The Labute approximate surface area is 266 Å². The van der Waals surface area contributed by atoms with Gasteiger partial charge in [0.25, 0.3) is 5.91 Å². The highest BCUT2D eigenvalue weighted by molar-refractivity contribution is 6.38. The van der Waals surface area contributed by atoms with Crippen molar-refractivity contribution >= 4 is 35.6 Å². The van der Waals surface area contributed by atoms with Gasteiger partial charge in [0.05, 0.1) is 6.04 Å². The van der Waals surface area contributed by atoms with Gasteiger partial charge in [0.1, 0.15) is 30.8 Å². The molecule has 0 bridgehead atoms. The second-order valence-corrected chi connectivity index (χ2v) is 13.5. The van der Waals surface area contributed by atoms with E-state index in [1.807, 2.05) is 6.92 Å². The van der Waals surface area contributed by atoms with Crippen LogP contribution in [0, 0.1) is 11.8 Å². The minimum Gasteiger partial charge on any atom is -0.460 e. The summed E-state index contributed by atoms with van der Waals surface area (Å²) in [6.07, 6.45) is 10.00. The zero-order valence-electron chi connectivity index (χ0n) is 27.4. The molecule has 12 nitrogen and oxygen atoms in total. The van der Waals surface area contributed by atoms with Gasteiger partial charge in [-0.3, -0.25) is 24.0 Å². The number of hydrogen-bond acceptors (Lipinski definition) is 8. The number of esters is 1. The Balaban J connectivity index is 1.81. The molecule has 252 valence electrons. The van der Waals surface area contributed by atoms with Crippen LogP contribution in [0.25, 0.3) is 0 Å². The van der Waals surface area contributed by atoms with Crippen LogP contribution in [0.4, 0.5) is 4.79 Å². The Morgan fingerprint density at radius 3 is 2.27 bits per heavy atom. The molecule has 12 heteroatoms. The van der Waals surface area contributed by atoms with Crippen molar-refractivity contribution in [1.82, 2.24) is 20.9 Å². The van der Waals surface area contributed by atoms with Crippen molar-refractivity contribution in [2.75, 3.05) is 13.2 Å². The van der Waals surface area contributed by atoms with E-state index in [0.717, 1.165) is 57.8 Å². The molecule has 0 spiro atoms. The third kappa shape index (κ3) is 10.3. The fraction of sp³-hybridized carbons (Fsp3) is 0.758. The van der Waals surface area contributed by atoms with Crippen molar-refractivity contribution < 1.29 is 38.2 Å². The van der Waals surface area contributed by atoms with Crippen molar-refractivity contribution in [3.8, 4) is 0 Å². The molecule has 0 aromatic rings. The third-order valence-electron chi connectivity index (χ3n) is 8.89. The summed E-state index contributed by atoms with van der Waals surface area (Å²) < 4.78 is 10.4. The van der Waals surface area contributed by atoms with Gasteiger partial charge in [-0.15, -0.1) is 0 Å². The van der Waals surface area contributed by atoms with Gasteiger partial charge in [-0.1, -0.05) is 58.1 Å². The monoisotopic (exact) mass is 632 g/mol. The standard InChI is InChI=1S/C33H52N4O8/c1-6-13-23(28(39)30(41)34-20-26(38)44-18-7-2)35-29(40)25-19-22-16-11-12-17-24(22)37(25)31(42)27(21-14-9-8-10-15-21)36-32(43)45-33(3,4)5/h7,21-25,27H,2,6,8-20H2,1,3-5H3,(H,34,41)(H,35,40)(H,36,43)/t22-,23?,24-,25-,27?/m0/s1. The van der Waals surface area contributed by atoms with Crippen LogP contribution in [0.3, 0.4) is 0 Å². The van der Waals surface area contributed by atoms with Crippen LogP contribution < -0.4 is 16.0 Å². The summed E-state index contributed by atoms with van der Waals surface area (Å²) in [5.41, 5.74) is -0.742. The number of Topliss-reactive ketones (excluding diaryl/α,β-unsaturated/α-hetero) is 1. The van der Waals surface area contributed by atoms with Crippen molar-refractivity contribution in [2.24, 2.45) is 11.8 Å². The zero-order chi connectivity index (χ0) is 33.1. The molecule has 1 heterocycles. The maximum absolute atomic E-state index is 14.5. The average molecular weight is 633 g/mol. The zero-order valence-corrected chi connectivity index (χ0v) is 27.4. The van der Waals surface area contributed by atoms with E-state index in [2.05, 4.69) is 22.5 Å². The van der Waals surface area contributed by atoms with Gasteiger partial charge in [0.15, 0.2) is 0 Å². The first kappa shape index (κ1) is 36.0. The molecule has 0 radical (unpaired) electrons. The first-order valence-corrected chi connectivity index (χ1v) is 16.6.